The largest absolute Gasteiger partial charge is 0.541 e. The quantitative estimate of drug-likeness (QED) is 0.169. The maximum Gasteiger partial charge on any atom is 0.306 e. The van der Waals surface area contributed by atoms with Gasteiger partial charge >= 0.3 is 5.97 Å². The molecule has 1 aromatic carbocycles. The molecular formula is C24H40O4Si. The summed E-state index contributed by atoms with van der Waals surface area (Å²) >= 11 is 0. The molecule has 0 N–H and O–H groups in total. The Morgan fingerprint density at radius 2 is 1.83 bits per heavy atom. The number of benzene rings is 1. The lowest BCUT2D eigenvalue weighted by Crippen LogP contribution is -2.43. The zero-order valence-corrected chi connectivity index (χ0v) is 20.6. The zero-order chi connectivity index (χ0) is 22.1. The molecule has 0 radical (unpaired) electrons. The van der Waals surface area contributed by atoms with Gasteiger partial charge in [-0.25, -0.2) is 0 Å². The molecule has 0 fully saturated rings. The first-order chi connectivity index (χ1) is 13.5. The average Bonchev–Trinajstić information content (AvgIpc) is 2.62. The van der Waals surface area contributed by atoms with E-state index in [2.05, 4.69) is 59.9 Å². The number of unbranched alkanes of at least 4 members (excludes halogenated alkanes) is 2. The molecule has 0 aliphatic rings. The third-order valence-electron chi connectivity index (χ3n) is 5.32. The predicted octanol–water partition coefficient (Wildman–Crippen LogP) is 6.90. The number of rotatable bonds is 11. The Morgan fingerprint density at radius 1 is 1.14 bits per heavy atom. The Morgan fingerprint density at radius 3 is 2.41 bits per heavy atom. The molecule has 0 saturated heterocycles. The van der Waals surface area contributed by atoms with Crippen LogP contribution in [0.4, 0.5) is 0 Å². The van der Waals surface area contributed by atoms with Gasteiger partial charge in [0.05, 0.1) is 7.11 Å². The van der Waals surface area contributed by atoms with E-state index < -0.39 is 8.32 Å². The normalized spacial score (nSPS) is 12.4. The van der Waals surface area contributed by atoms with Gasteiger partial charge in [-0.15, -0.1) is 0 Å². The van der Waals surface area contributed by atoms with E-state index in [1.54, 1.807) is 7.11 Å². The van der Waals surface area contributed by atoms with E-state index in [0.717, 1.165) is 30.6 Å². The molecular weight excluding hydrogens is 380 g/mol. The highest BCUT2D eigenvalue weighted by Crippen LogP contribution is 2.40. The van der Waals surface area contributed by atoms with Crippen molar-refractivity contribution >= 4 is 14.3 Å². The second kappa shape index (κ2) is 11.4. The van der Waals surface area contributed by atoms with Crippen LogP contribution in [0.1, 0.15) is 65.9 Å². The molecule has 0 bridgehead atoms. The van der Waals surface area contributed by atoms with Crippen molar-refractivity contribution in [3.05, 3.63) is 35.9 Å². The summed E-state index contributed by atoms with van der Waals surface area (Å²) in [6.07, 6.45) is 7.72. The summed E-state index contributed by atoms with van der Waals surface area (Å²) in [5.74, 6) is 1.86. The molecule has 0 aliphatic carbocycles. The third kappa shape index (κ3) is 9.07. The van der Waals surface area contributed by atoms with Crippen LogP contribution in [-0.4, -0.2) is 21.4 Å². The van der Waals surface area contributed by atoms with Crippen LogP contribution in [-0.2, 0) is 16.1 Å². The first-order valence-electron chi connectivity index (χ1n) is 10.6. The molecule has 1 aromatic rings. The van der Waals surface area contributed by atoms with Crippen LogP contribution in [0.25, 0.3) is 0 Å². The van der Waals surface area contributed by atoms with Crippen LogP contribution in [0.3, 0.4) is 0 Å². The topological polar surface area (TPSA) is 44.8 Å². The lowest BCUT2D eigenvalue weighted by molar-refractivity contribution is -0.145. The number of methoxy groups -OCH3 is 1. The van der Waals surface area contributed by atoms with Crippen LogP contribution in [0.15, 0.2) is 30.4 Å². The van der Waals surface area contributed by atoms with Gasteiger partial charge in [-0.3, -0.25) is 4.79 Å². The monoisotopic (exact) mass is 420 g/mol. The van der Waals surface area contributed by atoms with Gasteiger partial charge in [-0.2, -0.15) is 0 Å². The second-order valence-corrected chi connectivity index (χ2v) is 14.2. The number of carbonyl (C=O) groups excluding carboxylic acids is 1. The number of allylic oxidation sites excluding steroid dienone is 2. The van der Waals surface area contributed by atoms with Crippen molar-refractivity contribution in [1.29, 1.82) is 0 Å². The maximum atomic E-state index is 12.0. The molecule has 5 heteroatoms. The molecule has 0 unspecified atom stereocenters. The summed E-state index contributed by atoms with van der Waals surface area (Å²) < 4.78 is 17.3. The Kier molecular flexibility index (Phi) is 9.97. The lowest BCUT2D eigenvalue weighted by Gasteiger charge is -2.36. The summed E-state index contributed by atoms with van der Waals surface area (Å²) in [6, 6.07) is 5.75. The van der Waals surface area contributed by atoms with Crippen LogP contribution >= 0.6 is 0 Å². The average molecular weight is 421 g/mol. The van der Waals surface area contributed by atoms with Crippen LogP contribution in [0.5, 0.6) is 11.5 Å². The van der Waals surface area contributed by atoms with Crippen molar-refractivity contribution in [2.75, 3.05) is 7.11 Å². The molecule has 0 saturated carbocycles. The molecule has 0 aromatic heterocycles. The molecule has 0 aliphatic heterocycles. The Hall–Kier alpha value is -1.75. The third-order valence-corrected chi connectivity index (χ3v) is 9.66. The summed E-state index contributed by atoms with van der Waals surface area (Å²) in [5.41, 5.74) is 0.901. The summed E-state index contributed by atoms with van der Waals surface area (Å²) in [7, 11) is -0.312. The first-order valence-corrected chi connectivity index (χ1v) is 13.6. The highest BCUT2D eigenvalue weighted by molar-refractivity contribution is 6.74. The van der Waals surface area contributed by atoms with Gasteiger partial charge in [0.1, 0.15) is 12.4 Å². The Balaban J connectivity index is 2.54. The highest BCUT2D eigenvalue weighted by atomic mass is 28.4. The van der Waals surface area contributed by atoms with Gasteiger partial charge in [0, 0.05) is 6.42 Å². The first kappa shape index (κ1) is 25.3. The van der Waals surface area contributed by atoms with Crippen molar-refractivity contribution in [1.82, 2.24) is 0 Å². The lowest BCUT2D eigenvalue weighted by atomic mass is 10.1. The van der Waals surface area contributed by atoms with Gasteiger partial charge in [-0.1, -0.05) is 52.8 Å². The highest BCUT2D eigenvalue weighted by Gasteiger charge is 2.39. The molecule has 0 heterocycles. The standard InChI is InChI=1S/C24H40O4Si/c1-19(2)13-11-9-10-12-14-23(25)27-18-20-15-16-21(22(17-20)26-6)28-29(7,8)24(3,4)5/h11,13,15-17,19H,9-10,12,14,18H2,1-8H3/b13-11+. The zero-order valence-electron chi connectivity index (χ0n) is 19.6. The number of ether oxygens (including phenoxy) is 2. The SMILES string of the molecule is COc1cc(COC(=O)CCCC/C=C/C(C)C)ccc1O[Si](C)(C)C(C)(C)C. The fourth-order valence-corrected chi connectivity index (χ4v) is 3.47. The maximum absolute atomic E-state index is 12.0. The number of hydrogen-bond donors (Lipinski definition) is 0. The fraction of sp³-hybridized carbons (Fsp3) is 0.625. The number of esters is 1. The molecule has 164 valence electrons. The number of carbonyl (C=O) groups is 1. The van der Waals surface area contributed by atoms with E-state index in [1.807, 2.05) is 18.2 Å². The van der Waals surface area contributed by atoms with E-state index >= 15 is 0 Å². The predicted molar refractivity (Wildman–Crippen MR) is 123 cm³/mol. The minimum Gasteiger partial charge on any atom is -0.541 e. The van der Waals surface area contributed by atoms with Gasteiger partial charge in [0.2, 0.25) is 0 Å². The van der Waals surface area contributed by atoms with E-state index in [1.165, 1.54) is 0 Å². The fourth-order valence-electron chi connectivity index (χ4n) is 2.45. The van der Waals surface area contributed by atoms with Crippen LogP contribution < -0.4 is 9.16 Å². The molecule has 0 spiro atoms. The minimum atomic E-state index is -1.95. The molecule has 1 rings (SSSR count). The Labute approximate surface area is 178 Å². The molecule has 29 heavy (non-hydrogen) atoms. The van der Waals surface area contributed by atoms with Crippen molar-refractivity contribution in [3.8, 4) is 11.5 Å². The van der Waals surface area contributed by atoms with Crippen LogP contribution in [0, 0.1) is 5.92 Å². The van der Waals surface area contributed by atoms with Gasteiger partial charge in [-0.05, 0) is 61.0 Å². The number of hydrogen-bond acceptors (Lipinski definition) is 4. The summed E-state index contributed by atoms with van der Waals surface area (Å²) in [6.45, 7) is 15.6. The van der Waals surface area contributed by atoms with Crippen molar-refractivity contribution in [3.63, 3.8) is 0 Å². The molecule has 4 nitrogen and oxygen atoms in total. The molecule has 0 atom stereocenters. The van der Waals surface area contributed by atoms with Gasteiger partial charge in [0.25, 0.3) is 8.32 Å². The van der Waals surface area contributed by atoms with E-state index in [4.69, 9.17) is 13.9 Å². The Bertz CT molecular complexity index is 672. The summed E-state index contributed by atoms with van der Waals surface area (Å²) in [5, 5.41) is 0.108. The minimum absolute atomic E-state index is 0.108. The van der Waals surface area contributed by atoms with E-state index in [9.17, 15) is 4.79 Å². The van der Waals surface area contributed by atoms with Crippen molar-refractivity contribution < 1.29 is 18.7 Å². The van der Waals surface area contributed by atoms with Gasteiger partial charge in [0.15, 0.2) is 5.75 Å². The van der Waals surface area contributed by atoms with E-state index in [0.29, 0.717) is 18.1 Å². The van der Waals surface area contributed by atoms with E-state index in [-0.39, 0.29) is 17.6 Å². The molecule has 0 amide bonds. The van der Waals surface area contributed by atoms with Crippen LogP contribution in [0.2, 0.25) is 18.1 Å². The second-order valence-electron chi connectivity index (χ2n) is 9.43. The smallest absolute Gasteiger partial charge is 0.306 e. The van der Waals surface area contributed by atoms with Gasteiger partial charge < -0.3 is 13.9 Å². The summed E-state index contributed by atoms with van der Waals surface area (Å²) in [4.78, 5) is 12.0. The van der Waals surface area contributed by atoms with Crippen molar-refractivity contribution in [2.45, 2.75) is 85.0 Å². The van der Waals surface area contributed by atoms with Crippen molar-refractivity contribution in [2.24, 2.45) is 5.92 Å².